The van der Waals surface area contributed by atoms with Crippen LogP contribution in [-0.2, 0) is 25.5 Å². The van der Waals surface area contributed by atoms with Crippen LogP contribution in [0.2, 0.25) is 0 Å². The summed E-state index contributed by atoms with van der Waals surface area (Å²) in [6.45, 7) is 4.50. The number of hydrogen-bond donors (Lipinski definition) is 1. The van der Waals surface area contributed by atoms with Crippen molar-refractivity contribution in [2.45, 2.75) is 32.0 Å². The zero-order valence-electron chi connectivity index (χ0n) is 14.0. The van der Waals surface area contributed by atoms with Crippen molar-refractivity contribution in [3.63, 3.8) is 0 Å². The van der Waals surface area contributed by atoms with Crippen LogP contribution >= 0.6 is 0 Å². The molecule has 2 aliphatic heterocycles. The Bertz CT molecular complexity index is 601. The van der Waals surface area contributed by atoms with Gasteiger partial charge >= 0.3 is 0 Å². The lowest BCUT2D eigenvalue weighted by atomic mass is 10.0. The van der Waals surface area contributed by atoms with Crippen molar-refractivity contribution in [1.82, 2.24) is 10.2 Å². The first-order chi connectivity index (χ1) is 11.6. The maximum Gasteiger partial charge on any atom is 0.241 e. The average Bonchev–Trinajstić information content (AvgIpc) is 3.01. The van der Waals surface area contributed by atoms with Crippen LogP contribution in [0.1, 0.15) is 24.0 Å². The molecule has 0 unspecified atom stereocenters. The SMILES string of the molecule is Cc1cccc(CC(=O)NCC(=O)N2CCC3(CC2)OCCO3)c1. The molecule has 2 saturated heterocycles. The third-order valence-electron chi connectivity index (χ3n) is 4.58. The Kier molecular flexibility index (Phi) is 5.16. The highest BCUT2D eigenvalue weighted by Gasteiger charge is 2.40. The molecular formula is C18H24N2O4. The van der Waals surface area contributed by atoms with E-state index in [0.717, 1.165) is 11.1 Å². The van der Waals surface area contributed by atoms with E-state index in [-0.39, 0.29) is 18.4 Å². The first-order valence-corrected chi connectivity index (χ1v) is 8.44. The lowest BCUT2D eigenvalue weighted by Crippen LogP contribution is -2.49. The Morgan fingerprint density at radius 3 is 2.58 bits per heavy atom. The molecule has 2 amide bonds. The monoisotopic (exact) mass is 332 g/mol. The second-order valence-electron chi connectivity index (χ2n) is 6.43. The largest absolute Gasteiger partial charge is 0.347 e. The summed E-state index contributed by atoms with van der Waals surface area (Å²) in [4.78, 5) is 26.0. The van der Waals surface area contributed by atoms with E-state index in [0.29, 0.717) is 45.6 Å². The van der Waals surface area contributed by atoms with Gasteiger partial charge in [0.25, 0.3) is 0 Å². The van der Waals surface area contributed by atoms with Gasteiger partial charge in [0.1, 0.15) is 0 Å². The topological polar surface area (TPSA) is 67.9 Å². The predicted octanol–water partition coefficient (Wildman–Crippen LogP) is 1.02. The molecule has 0 bridgehead atoms. The van der Waals surface area contributed by atoms with Gasteiger partial charge in [-0.25, -0.2) is 0 Å². The predicted molar refractivity (Wildman–Crippen MR) is 88.3 cm³/mol. The standard InChI is InChI=1S/C18H24N2O4/c1-14-3-2-4-15(11-14)12-16(21)19-13-17(22)20-7-5-18(6-8-20)23-9-10-24-18/h2-4,11H,5-10,12-13H2,1H3,(H,19,21). The average molecular weight is 332 g/mol. The van der Waals surface area contributed by atoms with Crippen LogP contribution < -0.4 is 5.32 Å². The molecule has 130 valence electrons. The number of rotatable bonds is 4. The maximum atomic E-state index is 12.2. The summed E-state index contributed by atoms with van der Waals surface area (Å²) < 4.78 is 11.3. The lowest BCUT2D eigenvalue weighted by Gasteiger charge is -2.37. The van der Waals surface area contributed by atoms with Crippen LogP contribution in [0.15, 0.2) is 24.3 Å². The number of carbonyl (C=O) groups excluding carboxylic acids is 2. The van der Waals surface area contributed by atoms with Gasteiger partial charge in [0.15, 0.2) is 5.79 Å². The van der Waals surface area contributed by atoms with Crippen LogP contribution in [0.4, 0.5) is 0 Å². The van der Waals surface area contributed by atoms with Crippen molar-refractivity contribution in [3.8, 4) is 0 Å². The van der Waals surface area contributed by atoms with E-state index < -0.39 is 5.79 Å². The highest BCUT2D eigenvalue weighted by Crippen LogP contribution is 2.31. The van der Waals surface area contributed by atoms with Gasteiger partial charge in [-0.1, -0.05) is 29.8 Å². The number of likely N-dealkylation sites (tertiary alicyclic amines) is 1. The normalized spacial score (nSPS) is 19.5. The zero-order valence-corrected chi connectivity index (χ0v) is 14.0. The van der Waals surface area contributed by atoms with Crippen molar-refractivity contribution in [1.29, 1.82) is 0 Å². The fourth-order valence-electron chi connectivity index (χ4n) is 3.24. The van der Waals surface area contributed by atoms with E-state index >= 15 is 0 Å². The van der Waals surface area contributed by atoms with E-state index in [1.807, 2.05) is 31.2 Å². The molecule has 1 aromatic carbocycles. The van der Waals surface area contributed by atoms with Gasteiger partial charge in [0.05, 0.1) is 26.2 Å². The Morgan fingerprint density at radius 2 is 1.92 bits per heavy atom. The number of hydrogen-bond acceptors (Lipinski definition) is 4. The van der Waals surface area contributed by atoms with Gasteiger partial charge in [0.2, 0.25) is 11.8 Å². The van der Waals surface area contributed by atoms with E-state index in [4.69, 9.17) is 9.47 Å². The number of nitrogens with one attached hydrogen (secondary N) is 1. The van der Waals surface area contributed by atoms with Gasteiger partial charge in [-0.15, -0.1) is 0 Å². The highest BCUT2D eigenvalue weighted by molar-refractivity contribution is 5.85. The molecule has 1 aromatic rings. The van der Waals surface area contributed by atoms with Crippen LogP contribution in [0.5, 0.6) is 0 Å². The number of amides is 2. The second kappa shape index (κ2) is 7.32. The van der Waals surface area contributed by atoms with Crippen molar-refractivity contribution in [3.05, 3.63) is 35.4 Å². The molecule has 0 atom stereocenters. The molecule has 24 heavy (non-hydrogen) atoms. The van der Waals surface area contributed by atoms with Crippen molar-refractivity contribution in [2.24, 2.45) is 0 Å². The first kappa shape index (κ1) is 16.9. The zero-order chi connectivity index (χ0) is 17.0. The molecule has 6 nitrogen and oxygen atoms in total. The van der Waals surface area contributed by atoms with Gasteiger partial charge in [-0.05, 0) is 12.5 Å². The summed E-state index contributed by atoms with van der Waals surface area (Å²) in [5.74, 6) is -0.670. The first-order valence-electron chi connectivity index (χ1n) is 8.44. The number of nitrogens with zero attached hydrogens (tertiary/aromatic N) is 1. The minimum absolute atomic E-state index is 0.0410. The summed E-state index contributed by atoms with van der Waals surface area (Å²) in [7, 11) is 0. The lowest BCUT2D eigenvalue weighted by molar-refractivity contribution is -0.187. The van der Waals surface area contributed by atoms with Crippen LogP contribution in [-0.4, -0.2) is 55.3 Å². The van der Waals surface area contributed by atoms with Crippen molar-refractivity contribution < 1.29 is 19.1 Å². The summed E-state index contributed by atoms with van der Waals surface area (Å²) in [5, 5.41) is 2.72. The molecule has 1 spiro atoms. The van der Waals surface area contributed by atoms with Crippen molar-refractivity contribution in [2.75, 3.05) is 32.8 Å². The molecule has 6 heteroatoms. The van der Waals surface area contributed by atoms with Gasteiger partial charge < -0.3 is 19.7 Å². The highest BCUT2D eigenvalue weighted by atomic mass is 16.7. The Labute approximate surface area is 142 Å². The third-order valence-corrected chi connectivity index (χ3v) is 4.58. The number of aryl methyl sites for hydroxylation is 1. The van der Waals surface area contributed by atoms with Crippen LogP contribution in [0.25, 0.3) is 0 Å². The summed E-state index contributed by atoms with van der Waals surface area (Å²) in [6.07, 6.45) is 1.67. The van der Waals surface area contributed by atoms with E-state index in [1.54, 1.807) is 4.90 Å². The Hall–Kier alpha value is -1.92. The quantitative estimate of drug-likeness (QED) is 0.894. The van der Waals surface area contributed by atoms with Gasteiger partial charge in [-0.2, -0.15) is 0 Å². The molecule has 0 radical (unpaired) electrons. The second-order valence-corrected chi connectivity index (χ2v) is 6.43. The Morgan fingerprint density at radius 1 is 1.21 bits per heavy atom. The third kappa shape index (κ3) is 4.13. The fraction of sp³-hybridized carbons (Fsp3) is 0.556. The van der Waals surface area contributed by atoms with Gasteiger partial charge in [-0.3, -0.25) is 9.59 Å². The van der Waals surface area contributed by atoms with Crippen LogP contribution in [0, 0.1) is 6.92 Å². The molecule has 1 N–H and O–H groups in total. The summed E-state index contributed by atoms with van der Waals surface area (Å²) in [5.41, 5.74) is 2.07. The fourth-order valence-corrected chi connectivity index (χ4v) is 3.24. The molecular weight excluding hydrogens is 308 g/mol. The number of piperidine rings is 1. The molecule has 0 aromatic heterocycles. The minimum atomic E-state index is -0.481. The summed E-state index contributed by atoms with van der Waals surface area (Å²) in [6, 6.07) is 7.82. The van der Waals surface area contributed by atoms with Crippen LogP contribution in [0.3, 0.4) is 0 Å². The Balaban J connectivity index is 1.41. The minimum Gasteiger partial charge on any atom is -0.347 e. The molecule has 3 rings (SSSR count). The maximum absolute atomic E-state index is 12.2. The van der Waals surface area contributed by atoms with Gasteiger partial charge in [0, 0.05) is 25.9 Å². The van der Waals surface area contributed by atoms with E-state index in [2.05, 4.69) is 5.32 Å². The van der Waals surface area contributed by atoms with Crippen molar-refractivity contribution >= 4 is 11.8 Å². The van der Waals surface area contributed by atoms with E-state index in [1.165, 1.54) is 0 Å². The number of benzene rings is 1. The molecule has 2 aliphatic rings. The smallest absolute Gasteiger partial charge is 0.241 e. The molecule has 0 saturated carbocycles. The molecule has 0 aliphatic carbocycles. The molecule has 2 fully saturated rings. The van der Waals surface area contributed by atoms with E-state index in [9.17, 15) is 9.59 Å². The number of ether oxygens (including phenoxy) is 2. The summed E-state index contributed by atoms with van der Waals surface area (Å²) >= 11 is 0. The molecule has 2 heterocycles. The number of carbonyl (C=O) groups is 2.